The Kier molecular flexibility index (Phi) is 4.26. The fourth-order valence-electron chi connectivity index (χ4n) is 2.39. The van der Waals surface area contributed by atoms with Crippen LogP contribution in [-0.2, 0) is 0 Å². The number of nitrogens with one attached hydrogen (secondary N) is 1. The zero-order valence-corrected chi connectivity index (χ0v) is 14.2. The molecule has 0 aliphatic heterocycles. The van der Waals surface area contributed by atoms with Crippen LogP contribution in [0.4, 0.5) is 11.6 Å². The fourth-order valence-corrected chi connectivity index (χ4v) is 2.39. The van der Waals surface area contributed by atoms with E-state index in [1.165, 1.54) is 23.4 Å². The Labute approximate surface area is 156 Å². The molecule has 138 valence electrons. The quantitative estimate of drug-likeness (QED) is 0.495. The maximum Gasteiger partial charge on any atom is 0.299 e. The number of carbonyl (C=O) groups is 1. The lowest BCUT2D eigenvalue weighted by Gasteiger charge is -1.99. The molecule has 0 radical (unpaired) electrons. The van der Waals surface area contributed by atoms with Crippen LogP contribution in [0, 0.1) is 0 Å². The summed E-state index contributed by atoms with van der Waals surface area (Å²) in [5, 5.41) is 14.4. The predicted molar refractivity (Wildman–Crippen MR) is 96.0 cm³/mol. The van der Waals surface area contributed by atoms with E-state index in [9.17, 15) is 9.59 Å². The number of aromatic nitrogens is 7. The Hall–Kier alpha value is -4.48. The van der Waals surface area contributed by atoms with Crippen molar-refractivity contribution in [2.24, 2.45) is 16.0 Å². The Bertz CT molecular complexity index is 1210. The van der Waals surface area contributed by atoms with Gasteiger partial charge < -0.3 is 5.73 Å². The predicted octanol–water partition coefficient (Wildman–Crippen LogP) is 1.05. The standard InChI is InChI=1S/C16H12N10O2/c17-13(27)11-12(14(28)25(24-11)10-5-2-1-3-6-10)22-23-16-20-9-21-26(16)15-18-7-4-8-19-15/h1-9,24H,(H2,17,27). The van der Waals surface area contributed by atoms with Crippen molar-refractivity contribution in [2.45, 2.75) is 0 Å². The molecule has 0 atom stereocenters. The van der Waals surface area contributed by atoms with Crippen molar-refractivity contribution in [3.8, 4) is 11.6 Å². The van der Waals surface area contributed by atoms with Crippen LogP contribution in [0.3, 0.4) is 0 Å². The van der Waals surface area contributed by atoms with Gasteiger partial charge in [0, 0.05) is 12.4 Å². The number of carbonyl (C=O) groups excluding carboxylic acids is 1. The molecule has 0 aliphatic rings. The molecule has 0 bridgehead atoms. The minimum atomic E-state index is -0.853. The number of amides is 1. The lowest BCUT2D eigenvalue weighted by Crippen LogP contribution is -2.14. The fraction of sp³-hybridized carbons (Fsp3) is 0. The van der Waals surface area contributed by atoms with Crippen molar-refractivity contribution in [3.05, 3.63) is 71.2 Å². The normalized spacial score (nSPS) is 11.1. The summed E-state index contributed by atoms with van der Waals surface area (Å²) in [5.41, 5.74) is 4.86. The minimum absolute atomic E-state index is 0.0217. The third-order valence-corrected chi connectivity index (χ3v) is 3.64. The zero-order chi connectivity index (χ0) is 19.5. The van der Waals surface area contributed by atoms with Gasteiger partial charge in [-0.3, -0.25) is 14.7 Å². The first-order valence-electron chi connectivity index (χ1n) is 7.94. The van der Waals surface area contributed by atoms with Crippen molar-refractivity contribution in [1.29, 1.82) is 0 Å². The van der Waals surface area contributed by atoms with Crippen molar-refractivity contribution < 1.29 is 4.79 Å². The molecule has 12 heteroatoms. The molecule has 0 aliphatic carbocycles. The number of benzene rings is 1. The number of hydrogen-bond acceptors (Lipinski definition) is 8. The first-order valence-corrected chi connectivity index (χ1v) is 7.94. The Morgan fingerprint density at radius 3 is 2.50 bits per heavy atom. The van der Waals surface area contributed by atoms with Gasteiger partial charge in [-0.25, -0.2) is 14.6 Å². The van der Waals surface area contributed by atoms with Gasteiger partial charge in [0.2, 0.25) is 0 Å². The molecule has 0 spiro atoms. The number of hydrogen-bond donors (Lipinski definition) is 2. The van der Waals surface area contributed by atoms with E-state index >= 15 is 0 Å². The van der Waals surface area contributed by atoms with E-state index in [0.717, 1.165) is 4.68 Å². The molecule has 4 aromatic rings. The summed E-state index contributed by atoms with van der Waals surface area (Å²) in [4.78, 5) is 36.5. The Morgan fingerprint density at radius 2 is 1.79 bits per heavy atom. The summed E-state index contributed by atoms with van der Waals surface area (Å²) in [6.45, 7) is 0. The highest BCUT2D eigenvalue weighted by Crippen LogP contribution is 2.18. The average Bonchev–Trinajstić information content (AvgIpc) is 3.32. The van der Waals surface area contributed by atoms with Crippen LogP contribution in [0.25, 0.3) is 11.6 Å². The molecule has 0 saturated heterocycles. The van der Waals surface area contributed by atoms with E-state index in [2.05, 4.69) is 35.4 Å². The molecule has 1 amide bonds. The third kappa shape index (κ3) is 3.05. The SMILES string of the molecule is NC(=O)c1[nH]n(-c2ccccc2)c(=O)c1N=Nc1ncnn1-c1ncccn1. The van der Waals surface area contributed by atoms with Crippen LogP contribution in [-0.4, -0.2) is 40.4 Å². The van der Waals surface area contributed by atoms with Gasteiger partial charge in [-0.1, -0.05) is 18.2 Å². The van der Waals surface area contributed by atoms with E-state index < -0.39 is 11.5 Å². The number of aromatic amines is 1. The molecule has 3 heterocycles. The van der Waals surface area contributed by atoms with E-state index in [1.807, 2.05) is 0 Å². The number of nitrogens with two attached hydrogens (primary N) is 1. The van der Waals surface area contributed by atoms with Crippen LogP contribution in [0.5, 0.6) is 0 Å². The zero-order valence-electron chi connectivity index (χ0n) is 14.2. The number of para-hydroxylation sites is 1. The van der Waals surface area contributed by atoms with Gasteiger partial charge in [-0.2, -0.15) is 14.8 Å². The summed E-state index contributed by atoms with van der Waals surface area (Å²) in [6, 6.07) is 10.3. The summed E-state index contributed by atoms with van der Waals surface area (Å²) in [7, 11) is 0. The molecular formula is C16H12N10O2. The number of nitrogens with zero attached hydrogens (tertiary/aromatic N) is 8. The monoisotopic (exact) mass is 376 g/mol. The summed E-state index contributed by atoms with van der Waals surface area (Å²) in [5.74, 6) is -0.609. The van der Waals surface area contributed by atoms with Gasteiger partial charge in [0.25, 0.3) is 23.4 Å². The maximum atomic E-state index is 12.7. The first kappa shape index (κ1) is 17.0. The Balaban J connectivity index is 1.77. The van der Waals surface area contributed by atoms with Gasteiger partial charge in [-0.15, -0.1) is 10.2 Å². The molecule has 0 unspecified atom stereocenters. The highest BCUT2D eigenvalue weighted by Gasteiger charge is 2.19. The molecule has 0 saturated carbocycles. The van der Waals surface area contributed by atoms with Crippen molar-refractivity contribution in [1.82, 2.24) is 34.5 Å². The number of H-pyrrole nitrogens is 1. The number of primary amides is 1. The number of rotatable bonds is 5. The number of azo groups is 1. The van der Waals surface area contributed by atoms with E-state index in [-0.39, 0.29) is 23.3 Å². The van der Waals surface area contributed by atoms with Crippen molar-refractivity contribution >= 4 is 17.5 Å². The molecular weight excluding hydrogens is 364 g/mol. The molecule has 3 N–H and O–H groups in total. The molecule has 12 nitrogen and oxygen atoms in total. The second-order valence-corrected chi connectivity index (χ2v) is 5.40. The van der Waals surface area contributed by atoms with E-state index in [0.29, 0.717) is 5.69 Å². The van der Waals surface area contributed by atoms with Crippen LogP contribution >= 0.6 is 0 Å². The van der Waals surface area contributed by atoms with Crippen LogP contribution in [0.1, 0.15) is 10.5 Å². The van der Waals surface area contributed by atoms with Gasteiger partial charge >= 0.3 is 0 Å². The smallest absolute Gasteiger partial charge is 0.299 e. The van der Waals surface area contributed by atoms with Crippen LogP contribution in [0.15, 0.2) is 70.1 Å². The second-order valence-electron chi connectivity index (χ2n) is 5.40. The molecule has 4 rings (SSSR count). The lowest BCUT2D eigenvalue weighted by molar-refractivity contribution is 0.0996. The van der Waals surface area contributed by atoms with Crippen molar-refractivity contribution in [2.75, 3.05) is 0 Å². The molecule has 28 heavy (non-hydrogen) atoms. The highest BCUT2D eigenvalue weighted by molar-refractivity contribution is 5.95. The highest BCUT2D eigenvalue weighted by atomic mass is 16.2. The third-order valence-electron chi connectivity index (χ3n) is 3.64. The van der Waals surface area contributed by atoms with Gasteiger partial charge in [0.15, 0.2) is 11.4 Å². The van der Waals surface area contributed by atoms with E-state index in [4.69, 9.17) is 5.73 Å². The second kappa shape index (κ2) is 7.03. The largest absolute Gasteiger partial charge is 0.364 e. The lowest BCUT2D eigenvalue weighted by atomic mass is 10.3. The molecule has 3 aromatic heterocycles. The maximum absolute atomic E-state index is 12.7. The summed E-state index contributed by atoms with van der Waals surface area (Å²) < 4.78 is 2.38. The van der Waals surface area contributed by atoms with Crippen LogP contribution in [0.2, 0.25) is 0 Å². The van der Waals surface area contributed by atoms with Gasteiger partial charge in [0.1, 0.15) is 6.33 Å². The van der Waals surface area contributed by atoms with Gasteiger partial charge in [0.05, 0.1) is 5.69 Å². The Morgan fingerprint density at radius 1 is 1.04 bits per heavy atom. The van der Waals surface area contributed by atoms with Gasteiger partial charge in [-0.05, 0) is 18.2 Å². The van der Waals surface area contributed by atoms with Crippen molar-refractivity contribution in [3.63, 3.8) is 0 Å². The van der Waals surface area contributed by atoms with E-state index in [1.54, 1.807) is 36.4 Å². The summed E-state index contributed by atoms with van der Waals surface area (Å²) >= 11 is 0. The van der Waals surface area contributed by atoms with Crippen LogP contribution < -0.4 is 11.3 Å². The summed E-state index contributed by atoms with van der Waals surface area (Å²) in [6.07, 6.45) is 4.29. The molecule has 1 aromatic carbocycles. The topological polar surface area (TPSA) is 162 Å². The average molecular weight is 376 g/mol. The molecule has 0 fully saturated rings. The first-order chi connectivity index (χ1) is 13.6. The minimum Gasteiger partial charge on any atom is -0.364 e.